The van der Waals surface area contributed by atoms with Crippen LogP contribution in [0.25, 0.3) is 0 Å². The van der Waals surface area contributed by atoms with Crippen molar-refractivity contribution in [2.75, 3.05) is 0 Å². The zero-order chi connectivity index (χ0) is 14.7. The first-order valence-corrected chi connectivity index (χ1v) is 7.64. The standard InChI is InChI=1S/C16H17BrClNO/c1-10(2)13-8-12(17)4-6-15(13)20-16-5-3-11(9-19)7-14(16)18/h3-8,10H,9,19H2,1-2H3. The molecule has 0 amide bonds. The fourth-order valence-electron chi connectivity index (χ4n) is 1.94. The van der Waals surface area contributed by atoms with E-state index in [1.807, 2.05) is 30.3 Å². The predicted octanol–water partition coefficient (Wildman–Crippen LogP) is 5.48. The van der Waals surface area contributed by atoms with E-state index < -0.39 is 0 Å². The summed E-state index contributed by atoms with van der Waals surface area (Å²) in [5.74, 6) is 1.84. The van der Waals surface area contributed by atoms with Crippen molar-refractivity contribution in [3.8, 4) is 11.5 Å². The summed E-state index contributed by atoms with van der Waals surface area (Å²) in [6.45, 7) is 4.73. The van der Waals surface area contributed by atoms with Gasteiger partial charge in [0, 0.05) is 11.0 Å². The minimum absolute atomic E-state index is 0.365. The summed E-state index contributed by atoms with van der Waals surface area (Å²) < 4.78 is 7.00. The fraction of sp³-hybridized carbons (Fsp3) is 0.250. The van der Waals surface area contributed by atoms with Crippen LogP contribution in [0.1, 0.15) is 30.9 Å². The Hall–Kier alpha value is -1.03. The van der Waals surface area contributed by atoms with Gasteiger partial charge in [0.1, 0.15) is 11.5 Å². The van der Waals surface area contributed by atoms with Crippen molar-refractivity contribution in [3.63, 3.8) is 0 Å². The number of nitrogens with two attached hydrogens (primary N) is 1. The van der Waals surface area contributed by atoms with E-state index in [0.29, 0.717) is 23.2 Å². The van der Waals surface area contributed by atoms with Gasteiger partial charge in [-0.2, -0.15) is 0 Å². The van der Waals surface area contributed by atoms with Crippen LogP contribution in [0.3, 0.4) is 0 Å². The quantitative estimate of drug-likeness (QED) is 0.789. The third kappa shape index (κ3) is 3.54. The predicted molar refractivity (Wildman–Crippen MR) is 87.6 cm³/mol. The number of halogens is 2. The van der Waals surface area contributed by atoms with E-state index >= 15 is 0 Å². The molecule has 2 aromatic rings. The Kier molecular flexibility index (Phi) is 5.08. The van der Waals surface area contributed by atoms with Gasteiger partial charge in [-0.05, 0) is 47.4 Å². The molecule has 106 valence electrons. The van der Waals surface area contributed by atoms with E-state index in [9.17, 15) is 0 Å². The molecule has 4 heteroatoms. The van der Waals surface area contributed by atoms with E-state index in [2.05, 4.69) is 35.8 Å². The van der Waals surface area contributed by atoms with Crippen molar-refractivity contribution in [1.29, 1.82) is 0 Å². The molecule has 0 bridgehead atoms. The minimum Gasteiger partial charge on any atom is -0.456 e. The molecular weight excluding hydrogens is 338 g/mol. The number of hydrogen-bond donors (Lipinski definition) is 1. The zero-order valence-electron chi connectivity index (χ0n) is 11.5. The smallest absolute Gasteiger partial charge is 0.146 e. The van der Waals surface area contributed by atoms with Crippen LogP contribution < -0.4 is 10.5 Å². The molecule has 2 rings (SSSR count). The molecule has 2 aromatic carbocycles. The van der Waals surface area contributed by atoms with Crippen molar-refractivity contribution in [3.05, 3.63) is 57.0 Å². The van der Waals surface area contributed by atoms with Crippen molar-refractivity contribution in [1.82, 2.24) is 0 Å². The average molecular weight is 355 g/mol. The third-order valence-electron chi connectivity index (χ3n) is 3.05. The summed E-state index contributed by atoms with van der Waals surface area (Å²) in [6.07, 6.45) is 0. The Bertz CT molecular complexity index is 613. The molecule has 0 unspecified atom stereocenters. The third-order valence-corrected chi connectivity index (χ3v) is 3.83. The summed E-state index contributed by atoms with van der Waals surface area (Å²) in [7, 11) is 0. The lowest BCUT2D eigenvalue weighted by atomic mass is 10.0. The van der Waals surface area contributed by atoms with Gasteiger partial charge in [-0.1, -0.05) is 47.4 Å². The first-order valence-electron chi connectivity index (χ1n) is 6.47. The molecule has 0 fully saturated rings. The van der Waals surface area contributed by atoms with E-state index in [1.165, 1.54) is 0 Å². The lowest BCUT2D eigenvalue weighted by Gasteiger charge is -2.15. The van der Waals surface area contributed by atoms with Gasteiger partial charge in [-0.15, -0.1) is 0 Å². The zero-order valence-corrected chi connectivity index (χ0v) is 13.8. The van der Waals surface area contributed by atoms with Crippen LogP contribution in [0.4, 0.5) is 0 Å². The molecule has 20 heavy (non-hydrogen) atoms. The maximum Gasteiger partial charge on any atom is 0.146 e. The highest BCUT2D eigenvalue weighted by Crippen LogP contribution is 2.35. The van der Waals surface area contributed by atoms with Gasteiger partial charge in [0.25, 0.3) is 0 Å². The van der Waals surface area contributed by atoms with Gasteiger partial charge in [0.2, 0.25) is 0 Å². The number of benzene rings is 2. The molecule has 2 N–H and O–H groups in total. The number of ether oxygens (including phenoxy) is 1. The summed E-state index contributed by atoms with van der Waals surface area (Å²) in [5.41, 5.74) is 7.72. The summed E-state index contributed by atoms with van der Waals surface area (Å²) in [4.78, 5) is 0. The molecule has 0 aliphatic carbocycles. The van der Waals surface area contributed by atoms with Gasteiger partial charge in [0.15, 0.2) is 0 Å². The second-order valence-corrected chi connectivity index (χ2v) is 6.23. The van der Waals surface area contributed by atoms with Crippen LogP contribution in [0.2, 0.25) is 5.02 Å². The van der Waals surface area contributed by atoms with E-state index in [4.69, 9.17) is 22.1 Å². The van der Waals surface area contributed by atoms with Crippen LogP contribution in [-0.4, -0.2) is 0 Å². The summed E-state index contributed by atoms with van der Waals surface area (Å²) >= 11 is 9.72. The highest BCUT2D eigenvalue weighted by atomic mass is 79.9. The van der Waals surface area contributed by atoms with Crippen LogP contribution in [0.15, 0.2) is 40.9 Å². The van der Waals surface area contributed by atoms with Crippen molar-refractivity contribution < 1.29 is 4.74 Å². The van der Waals surface area contributed by atoms with Gasteiger partial charge in [-0.25, -0.2) is 0 Å². The van der Waals surface area contributed by atoms with Gasteiger partial charge in [0.05, 0.1) is 5.02 Å². The van der Waals surface area contributed by atoms with Gasteiger partial charge < -0.3 is 10.5 Å². The second kappa shape index (κ2) is 6.61. The maximum absolute atomic E-state index is 6.23. The number of hydrogen-bond acceptors (Lipinski definition) is 2. The largest absolute Gasteiger partial charge is 0.456 e. The molecule has 0 spiro atoms. The van der Waals surface area contributed by atoms with Crippen LogP contribution in [-0.2, 0) is 6.54 Å². The van der Waals surface area contributed by atoms with Crippen LogP contribution in [0.5, 0.6) is 11.5 Å². The molecule has 0 aliphatic rings. The molecule has 0 aromatic heterocycles. The molecule has 0 saturated carbocycles. The second-order valence-electron chi connectivity index (χ2n) is 4.91. The normalized spacial score (nSPS) is 10.9. The SMILES string of the molecule is CC(C)c1cc(Br)ccc1Oc1ccc(CN)cc1Cl. The van der Waals surface area contributed by atoms with Crippen LogP contribution in [0, 0.1) is 0 Å². The van der Waals surface area contributed by atoms with E-state index in [1.54, 1.807) is 0 Å². The Morgan fingerprint density at radius 3 is 2.45 bits per heavy atom. The summed E-state index contributed by atoms with van der Waals surface area (Å²) in [6, 6.07) is 11.6. The lowest BCUT2D eigenvalue weighted by Crippen LogP contribution is -1.97. The minimum atomic E-state index is 0.365. The fourth-order valence-corrected chi connectivity index (χ4v) is 2.56. The van der Waals surface area contributed by atoms with Gasteiger partial charge in [-0.3, -0.25) is 0 Å². The Labute approximate surface area is 133 Å². The Morgan fingerprint density at radius 1 is 1.15 bits per heavy atom. The molecule has 2 nitrogen and oxygen atoms in total. The van der Waals surface area contributed by atoms with Crippen molar-refractivity contribution in [2.24, 2.45) is 5.73 Å². The summed E-state index contributed by atoms with van der Waals surface area (Å²) in [5, 5.41) is 0.575. The highest BCUT2D eigenvalue weighted by molar-refractivity contribution is 9.10. The first kappa shape index (κ1) is 15.4. The molecular formula is C16H17BrClNO. The Balaban J connectivity index is 2.35. The lowest BCUT2D eigenvalue weighted by molar-refractivity contribution is 0.473. The maximum atomic E-state index is 6.23. The molecule has 0 aliphatic heterocycles. The molecule has 0 saturated heterocycles. The van der Waals surface area contributed by atoms with Gasteiger partial charge >= 0.3 is 0 Å². The van der Waals surface area contributed by atoms with Crippen molar-refractivity contribution in [2.45, 2.75) is 26.3 Å². The average Bonchev–Trinajstić information content (AvgIpc) is 2.42. The molecule has 0 atom stereocenters. The highest BCUT2D eigenvalue weighted by Gasteiger charge is 2.11. The van der Waals surface area contributed by atoms with Crippen LogP contribution >= 0.6 is 27.5 Å². The van der Waals surface area contributed by atoms with E-state index in [0.717, 1.165) is 21.3 Å². The van der Waals surface area contributed by atoms with E-state index in [-0.39, 0.29) is 0 Å². The Morgan fingerprint density at radius 2 is 1.85 bits per heavy atom. The molecule has 0 radical (unpaired) electrons. The van der Waals surface area contributed by atoms with Crippen molar-refractivity contribution >= 4 is 27.5 Å². The molecule has 0 heterocycles. The number of rotatable bonds is 4. The first-order chi connectivity index (χ1) is 9.51. The monoisotopic (exact) mass is 353 g/mol. The topological polar surface area (TPSA) is 35.2 Å².